The topological polar surface area (TPSA) is 65.8 Å². The van der Waals surface area contributed by atoms with Gasteiger partial charge in [-0.25, -0.2) is 9.97 Å². The summed E-state index contributed by atoms with van der Waals surface area (Å²) >= 11 is 0. The van der Waals surface area contributed by atoms with Gasteiger partial charge in [0.25, 0.3) is 5.91 Å². The second-order valence-corrected chi connectivity index (χ2v) is 8.27. The standard InChI is InChI=1S/C23H26N6O/c1-14-11-20(28-10-9-15(13-28)27(3)4)16-12-17(23(30)24-2)22-26-18-7-5-6-8-19(18)29(22)21(16)25-14/h5-8,11-12,15H,9-10,13H2,1-4H3,(H,24,30)/t15-/m0/s1. The zero-order chi connectivity index (χ0) is 21.0. The summed E-state index contributed by atoms with van der Waals surface area (Å²) < 4.78 is 2.03. The van der Waals surface area contributed by atoms with Gasteiger partial charge in [-0.2, -0.15) is 0 Å². The molecule has 0 unspecified atom stereocenters. The van der Waals surface area contributed by atoms with Crippen LogP contribution in [0.4, 0.5) is 5.69 Å². The van der Waals surface area contributed by atoms with Gasteiger partial charge in [-0.15, -0.1) is 0 Å². The number of para-hydroxylation sites is 2. The molecule has 0 aliphatic carbocycles. The molecule has 3 aromatic heterocycles. The largest absolute Gasteiger partial charge is 0.369 e. The molecule has 1 fully saturated rings. The van der Waals surface area contributed by atoms with Crippen LogP contribution in [0.3, 0.4) is 0 Å². The number of carbonyl (C=O) groups excluding carboxylic acids is 1. The SMILES string of the molecule is CNC(=O)c1cc2c(N3CC[C@H](N(C)C)C3)cc(C)nc2n2c1nc1ccccc12. The number of aromatic nitrogens is 3. The van der Waals surface area contributed by atoms with Gasteiger partial charge in [0, 0.05) is 42.9 Å². The molecule has 7 nitrogen and oxygen atoms in total. The first-order chi connectivity index (χ1) is 14.5. The number of carbonyl (C=O) groups is 1. The summed E-state index contributed by atoms with van der Waals surface area (Å²) in [6, 6.07) is 12.6. The molecule has 5 rings (SSSR count). The number of hydrogen-bond acceptors (Lipinski definition) is 5. The number of amides is 1. The number of nitrogens with zero attached hydrogens (tertiary/aromatic N) is 5. The third kappa shape index (κ3) is 2.81. The molecule has 1 amide bonds. The van der Waals surface area contributed by atoms with Crippen molar-refractivity contribution >= 4 is 39.3 Å². The van der Waals surface area contributed by atoms with Crippen molar-refractivity contribution in [1.82, 2.24) is 24.6 Å². The number of anilines is 1. The van der Waals surface area contributed by atoms with E-state index in [2.05, 4.69) is 35.3 Å². The van der Waals surface area contributed by atoms with Crippen LogP contribution < -0.4 is 10.2 Å². The number of nitrogens with one attached hydrogen (secondary N) is 1. The predicted molar refractivity (Wildman–Crippen MR) is 120 cm³/mol. The molecule has 7 heteroatoms. The van der Waals surface area contributed by atoms with Crippen molar-refractivity contribution in [2.24, 2.45) is 0 Å². The van der Waals surface area contributed by atoms with Crippen molar-refractivity contribution in [1.29, 1.82) is 0 Å². The van der Waals surface area contributed by atoms with Gasteiger partial charge < -0.3 is 15.1 Å². The Morgan fingerprint density at radius 3 is 2.70 bits per heavy atom. The van der Waals surface area contributed by atoms with Crippen LogP contribution in [-0.2, 0) is 0 Å². The zero-order valence-electron chi connectivity index (χ0n) is 17.8. The quantitative estimate of drug-likeness (QED) is 0.571. The minimum Gasteiger partial charge on any atom is -0.369 e. The lowest BCUT2D eigenvalue weighted by Gasteiger charge is -2.24. The fraction of sp³-hybridized carbons (Fsp3) is 0.348. The van der Waals surface area contributed by atoms with Crippen molar-refractivity contribution in [3.63, 3.8) is 0 Å². The molecule has 0 saturated carbocycles. The van der Waals surface area contributed by atoms with Gasteiger partial charge in [-0.3, -0.25) is 9.20 Å². The molecule has 0 bridgehead atoms. The minimum atomic E-state index is -0.142. The van der Waals surface area contributed by atoms with Crippen molar-refractivity contribution in [2.75, 3.05) is 39.1 Å². The molecule has 4 aromatic rings. The van der Waals surface area contributed by atoms with E-state index in [9.17, 15) is 4.79 Å². The lowest BCUT2D eigenvalue weighted by molar-refractivity contribution is 0.0964. The normalized spacial score (nSPS) is 17.0. The van der Waals surface area contributed by atoms with Crippen LogP contribution in [0.2, 0.25) is 0 Å². The molecule has 0 spiro atoms. The Balaban J connectivity index is 1.85. The molecular formula is C23H26N6O. The van der Waals surface area contributed by atoms with E-state index >= 15 is 0 Å². The molecule has 1 atom stereocenters. The number of hydrogen-bond donors (Lipinski definition) is 1. The third-order valence-corrected chi connectivity index (χ3v) is 6.15. The predicted octanol–water partition coefficient (Wildman–Crippen LogP) is 2.84. The highest BCUT2D eigenvalue weighted by molar-refractivity contribution is 6.07. The van der Waals surface area contributed by atoms with Gasteiger partial charge in [0.05, 0.1) is 16.6 Å². The molecule has 30 heavy (non-hydrogen) atoms. The fourth-order valence-electron chi connectivity index (χ4n) is 4.53. The molecule has 1 aromatic carbocycles. The van der Waals surface area contributed by atoms with Crippen LogP contribution in [-0.4, -0.2) is 65.5 Å². The minimum absolute atomic E-state index is 0.142. The van der Waals surface area contributed by atoms with Crippen LogP contribution in [0.1, 0.15) is 22.5 Å². The lowest BCUT2D eigenvalue weighted by atomic mass is 10.1. The van der Waals surface area contributed by atoms with E-state index in [1.807, 2.05) is 41.7 Å². The summed E-state index contributed by atoms with van der Waals surface area (Å²) in [6.45, 7) is 3.98. The van der Waals surface area contributed by atoms with Crippen LogP contribution >= 0.6 is 0 Å². The second-order valence-electron chi connectivity index (χ2n) is 8.27. The van der Waals surface area contributed by atoms with Crippen LogP contribution in [0.25, 0.3) is 27.7 Å². The number of imidazole rings is 1. The van der Waals surface area contributed by atoms with Gasteiger partial charge in [0.2, 0.25) is 0 Å². The molecule has 4 heterocycles. The summed E-state index contributed by atoms with van der Waals surface area (Å²) in [5.74, 6) is -0.142. The van der Waals surface area contributed by atoms with Gasteiger partial charge >= 0.3 is 0 Å². The summed E-state index contributed by atoms with van der Waals surface area (Å²) in [6.07, 6.45) is 1.12. The summed E-state index contributed by atoms with van der Waals surface area (Å²) in [7, 11) is 5.92. The lowest BCUT2D eigenvalue weighted by Crippen LogP contribution is -2.31. The van der Waals surface area contributed by atoms with Gasteiger partial charge in [0.1, 0.15) is 5.65 Å². The highest BCUT2D eigenvalue weighted by Crippen LogP contribution is 2.34. The smallest absolute Gasteiger partial charge is 0.254 e. The Kier molecular flexibility index (Phi) is 4.36. The molecular weight excluding hydrogens is 376 g/mol. The number of pyridine rings is 2. The van der Waals surface area contributed by atoms with Crippen molar-refractivity contribution in [3.8, 4) is 0 Å². The maximum Gasteiger partial charge on any atom is 0.254 e. The van der Waals surface area contributed by atoms with Crippen LogP contribution in [0.15, 0.2) is 36.4 Å². The number of likely N-dealkylation sites (N-methyl/N-ethyl adjacent to an activating group) is 1. The molecule has 154 valence electrons. The fourth-order valence-corrected chi connectivity index (χ4v) is 4.53. The average molecular weight is 403 g/mol. The van der Waals surface area contributed by atoms with Gasteiger partial charge in [0.15, 0.2) is 5.65 Å². The van der Waals surface area contributed by atoms with Crippen LogP contribution in [0, 0.1) is 6.92 Å². The number of benzene rings is 1. The molecule has 1 aliphatic rings. The average Bonchev–Trinajstić information content (AvgIpc) is 3.37. The number of aryl methyl sites for hydroxylation is 1. The third-order valence-electron chi connectivity index (χ3n) is 6.15. The van der Waals surface area contributed by atoms with E-state index < -0.39 is 0 Å². The maximum atomic E-state index is 12.8. The Hall–Kier alpha value is -3.19. The highest BCUT2D eigenvalue weighted by Gasteiger charge is 2.27. The van der Waals surface area contributed by atoms with Crippen molar-refractivity contribution in [2.45, 2.75) is 19.4 Å². The Labute approximate surface area is 175 Å². The van der Waals surface area contributed by atoms with E-state index in [0.717, 1.165) is 53.0 Å². The van der Waals surface area contributed by atoms with E-state index in [0.29, 0.717) is 17.3 Å². The Morgan fingerprint density at radius 2 is 1.97 bits per heavy atom. The van der Waals surface area contributed by atoms with Crippen LogP contribution in [0.5, 0.6) is 0 Å². The van der Waals surface area contributed by atoms with Crippen molar-refractivity contribution in [3.05, 3.63) is 47.7 Å². The number of rotatable bonds is 3. The van der Waals surface area contributed by atoms with E-state index in [1.54, 1.807) is 7.05 Å². The van der Waals surface area contributed by atoms with E-state index in [1.165, 1.54) is 0 Å². The summed E-state index contributed by atoms with van der Waals surface area (Å²) in [4.78, 5) is 27.1. The van der Waals surface area contributed by atoms with E-state index in [-0.39, 0.29) is 5.91 Å². The summed E-state index contributed by atoms with van der Waals surface area (Å²) in [5, 5.41) is 3.75. The molecule has 0 radical (unpaired) electrons. The first kappa shape index (κ1) is 18.8. The Bertz CT molecular complexity index is 1290. The first-order valence-corrected chi connectivity index (χ1v) is 10.3. The van der Waals surface area contributed by atoms with Crippen molar-refractivity contribution < 1.29 is 4.79 Å². The molecule has 1 saturated heterocycles. The van der Waals surface area contributed by atoms with Gasteiger partial charge in [-0.05, 0) is 51.7 Å². The monoisotopic (exact) mass is 402 g/mol. The number of fused-ring (bicyclic) bond motifs is 5. The second kappa shape index (κ2) is 6.95. The maximum absolute atomic E-state index is 12.8. The first-order valence-electron chi connectivity index (χ1n) is 10.3. The van der Waals surface area contributed by atoms with Gasteiger partial charge in [-0.1, -0.05) is 12.1 Å². The summed E-state index contributed by atoms with van der Waals surface area (Å²) in [5.41, 5.74) is 5.95. The Morgan fingerprint density at radius 1 is 1.17 bits per heavy atom. The molecule has 1 aliphatic heterocycles. The highest BCUT2D eigenvalue weighted by atomic mass is 16.1. The molecule has 1 N–H and O–H groups in total. The zero-order valence-corrected chi connectivity index (χ0v) is 17.8. The van der Waals surface area contributed by atoms with E-state index in [4.69, 9.17) is 9.97 Å².